The first kappa shape index (κ1) is 14.9. The third-order valence-electron chi connectivity index (χ3n) is 3.96. The van der Waals surface area contributed by atoms with Gasteiger partial charge in [0.05, 0.1) is 5.52 Å². The summed E-state index contributed by atoms with van der Waals surface area (Å²) in [6, 6.07) is 18.6. The van der Waals surface area contributed by atoms with Gasteiger partial charge in [0, 0.05) is 17.1 Å². The van der Waals surface area contributed by atoms with Crippen molar-refractivity contribution in [3.05, 3.63) is 72.4 Å². The Morgan fingerprint density at radius 1 is 1.00 bits per heavy atom. The van der Waals surface area contributed by atoms with Crippen LogP contribution in [0, 0.1) is 0 Å². The van der Waals surface area contributed by atoms with Gasteiger partial charge in [0.15, 0.2) is 5.82 Å². The smallest absolute Gasteiger partial charge is 0.256 e. The Balaban J connectivity index is 1.64. The SMILES string of the molecule is Nc1n[nH]c2ccc(-c3ccnc(NC(=O)c4ccccc4)c3)cc12. The van der Waals surface area contributed by atoms with E-state index in [0.717, 1.165) is 22.0 Å². The summed E-state index contributed by atoms with van der Waals surface area (Å²) in [6.45, 7) is 0. The van der Waals surface area contributed by atoms with Crippen molar-refractivity contribution in [1.82, 2.24) is 15.2 Å². The van der Waals surface area contributed by atoms with E-state index in [4.69, 9.17) is 5.73 Å². The molecule has 2 aromatic heterocycles. The van der Waals surface area contributed by atoms with E-state index in [1.54, 1.807) is 18.3 Å². The van der Waals surface area contributed by atoms with Crippen molar-refractivity contribution in [2.24, 2.45) is 0 Å². The quantitative estimate of drug-likeness (QED) is 0.536. The Morgan fingerprint density at radius 2 is 1.80 bits per heavy atom. The molecule has 0 aliphatic carbocycles. The summed E-state index contributed by atoms with van der Waals surface area (Å²) in [7, 11) is 0. The molecule has 0 aliphatic rings. The average molecular weight is 329 g/mol. The summed E-state index contributed by atoms with van der Waals surface area (Å²) in [5.41, 5.74) is 9.24. The van der Waals surface area contributed by atoms with Gasteiger partial charge in [-0.15, -0.1) is 0 Å². The lowest BCUT2D eigenvalue weighted by atomic mass is 10.0. The van der Waals surface area contributed by atoms with Crippen LogP contribution in [0.5, 0.6) is 0 Å². The second kappa shape index (κ2) is 6.09. The van der Waals surface area contributed by atoms with Crippen molar-refractivity contribution in [3.63, 3.8) is 0 Å². The highest BCUT2D eigenvalue weighted by atomic mass is 16.1. The highest BCUT2D eigenvalue weighted by Gasteiger charge is 2.09. The monoisotopic (exact) mass is 329 g/mol. The molecule has 0 saturated carbocycles. The maximum absolute atomic E-state index is 12.3. The molecule has 4 aromatic rings. The van der Waals surface area contributed by atoms with E-state index in [2.05, 4.69) is 20.5 Å². The third-order valence-corrected chi connectivity index (χ3v) is 3.96. The summed E-state index contributed by atoms with van der Waals surface area (Å²) >= 11 is 0. The van der Waals surface area contributed by atoms with E-state index in [0.29, 0.717) is 17.2 Å². The largest absolute Gasteiger partial charge is 0.382 e. The zero-order valence-corrected chi connectivity index (χ0v) is 13.2. The molecule has 0 fully saturated rings. The molecule has 2 aromatic carbocycles. The molecule has 0 saturated heterocycles. The van der Waals surface area contributed by atoms with Gasteiger partial charge in [0.2, 0.25) is 0 Å². The minimum Gasteiger partial charge on any atom is -0.382 e. The fraction of sp³-hybridized carbons (Fsp3) is 0. The molecule has 6 heteroatoms. The zero-order valence-electron chi connectivity index (χ0n) is 13.2. The van der Waals surface area contributed by atoms with Crippen molar-refractivity contribution in [3.8, 4) is 11.1 Å². The van der Waals surface area contributed by atoms with E-state index >= 15 is 0 Å². The number of hydrogen-bond acceptors (Lipinski definition) is 4. The molecule has 0 radical (unpaired) electrons. The van der Waals surface area contributed by atoms with E-state index in [-0.39, 0.29) is 5.91 Å². The third kappa shape index (κ3) is 2.92. The summed E-state index contributed by atoms with van der Waals surface area (Å²) in [6.07, 6.45) is 1.67. The molecule has 25 heavy (non-hydrogen) atoms. The number of anilines is 2. The van der Waals surface area contributed by atoms with Gasteiger partial charge in [0.1, 0.15) is 5.82 Å². The molecule has 0 aliphatic heterocycles. The first-order chi connectivity index (χ1) is 12.2. The molecule has 4 N–H and O–H groups in total. The Labute approximate surface area is 143 Å². The van der Waals surface area contributed by atoms with Crippen LogP contribution >= 0.6 is 0 Å². The van der Waals surface area contributed by atoms with Crippen molar-refractivity contribution in [2.75, 3.05) is 11.1 Å². The van der Waals surface area contributed by atoms with Crippen LogP contribution in [-0.2, 0) is 0 Å². The Kier molecular flexibility index (Phi) is 3.63. The van der Waals surface area contributed by atoms with Gasteiger partial charge in [-0.25, -0.2) is 4.98 Å². The number of aromatic nitrogens is 3. The van der Waals surface area contributed by atoms with Crippen LogP contribution in [0.2, 0.25) is 0 Å². The van der Waals surface area contributed by atoms with Crippen LogP contribution < -0.4 is 11.1 Å². The summed E-state index contributed by atoms with van der Waals surface area (Å²) in [5.74, 6) is 0.759. The number of nitrogens with zero attached hydrogens (tertiary/aromatic N) is 2. The molecule has 6 nitrogen and oxygen atoms in total. The van der Waals surface area contributed by atoms with E-state index in [1.807, 2.05) is 48.5 Å². The first-order valence-electron chi connectivity index (χ1n) is 7.77. The Morgan fingerprint density at radius 3 is 2.64 bits per heavy atom. The lowest BCUT2D eigenvalue weighted by molar-refractivity contribution is 0.102. The summed E-state index contributed by atoms with van der Waals surface area (Å²) in [5, 5.41) is 10.6. The first-order valence-corrected chi connectivity index (χ1v) is 7.77. The van der Waals surface area contributed by atoms with Gasteiger partial charge < -0.3 is 11.1 Å². The molecule has 1 amide bonds. The molecular weight excluding hydrogens is 314 g/mol. The number of hydrogen-bond donors (Lipinski definition) is 3. The molecule has 0 atom stereocenters. The zero-order chi connectivity index (χ0) is 17.2. The Hall–Kier alpha value is -3.67. The van der Waals surface area contributed by atoms with Crippen LogP contribution in [0.4, 0.5) is 11.6 Å². The number of nitrogen functional groups attached to an aromatic ring is 1. The number of amides is 1. The Bertz CT molecular complexity index is 1060. The second-order valence-electron chi connectivity index (χ2n) is 5.62. The van der Waals surface area contributed by atoms with Crippen LogP contribution in [0.25, 0.3) is 22.0 Å². The number of H-pyrrole nitrogens is 1. The molecule has 0 unspecified atom stereocenters. The lowest BCUT2D eigenvalue weighted by Crippen LogP contribution is -2.12. The fourth-order valence-corrected chi connectivity index (χ4v) is 2.67. The number of fused-ring (bicyclic) bond motifs is 1. The molecule has 0 spiro atoms. The second-order valence-corrected chi connectivity index (χ2v) is 5.62. The maximum Gasteiger partial charge on any atom is 0.256 e. The highest BCUT2D eigenvalue weighted by Crippen LogP contribution is 2.27. The molecule has 2 heterocycles. The van der Waals surface area contributed by atoms with Crippen LogP contribution in [0.15, 0.2) is 66.9 Å². The van der Waals surface area contributed by atoms with Gasteiger partial charge >= 0.3 is 0 Å². The van der Waals surface area contributed by atoms with Gasteiger partial charge in [-0.05, 0) is 47.5 Å². The molecule has 4 rings (SSSR count). The average Bonchev–Trinajstić information content (AvgIpc) is 3.03. The number of nitrogens with two attached hydrogens (primary N) is 1. The van der Waals surface area contributed by atoms with E-state index in [9.17, 15) is 4.79 Å². The molecule has 122 valence electrons. The van der Waals surface area contributed by atoms with Crippen molar-refractivity contribution < 1.29 is 4.79 Å². The highest BCUT2D eigenvalue weighted by molar-refractivity contribution is 6.04. The lowest BCUT2D eigenvalue weighted by Gasteiger charge is -2.07. The standard InChI is InChI=1S/C19H15N5O/c20-18-15-10-13(6-7-16(15)23-24-18)14-8-9-21-17(11-14)22-19(25)12-4-2-1-3-5-12/h1-11H,(H3,20,23,24)(H,21,22,25). The minimum absolute atomic E-state index is 0.195. The van der Waals surface area contributed by atoms with Gasteiger partial charge in [-0.1, -0.05) is 24.3 Å². The number of rotatable bonds is 3. The van der Waals surface area contributed by atoms with Crippen LogP contribution in [0.1, 0.15) is 10.4 Å². The van der Waals surface area contributed by atoms with Gasteiger partial charge in [0.25, 0.3) is 5.91 Å². The maximum atomic E-state index is 12.3. The van der Waals surface area contributed by atoms with Crippen LogP contribution in [-0.4, -0.2) is 21.1 Å². The predicted octanol–water partition coefficient (Wildman–Crippen LogP) is 3.46. The van der Waals surface area contributed by atoms with E-state index < -0.39 is 0 Å². The van der Waals surface area contributed by atoms with Crippen molar-refractivity contribution in [2.45, 2.75) is 0 Å². The number of carbonyl (C=O) groups excluding carboxylic acids is 1. The minimum atomic E-state index is -0.195. The van der Waals surface area contributed by atoms with Gasteiger partial charge in [-0.2, -0.15) is 5.10 Å². The number of nitrogens with one attached hydrogen (secondary N) is 2. The number of benzene rings is 2. The van der Waals surface area contributed by atoms with Crippen molar-refractivity contribution in [1.29, 1.82) is 0 Å². The summed E-state index contributed by atoms with van der Waals surface area (Å²) < 4.78 is 0. The normalized spacial score (nSPS) is 10.7. The molecule has 0 bridgehead atoms. The van der Waals surface area contributed by atoms with Crippen LogP contribution in [0.3, 0.4) is 0 Å². The number of pyridine rings is 1. The summed E-state index contributed by atoms with van der Waals surface area (Å²) in [4.78, 5) is 16.5. The van der Waals surface area contributed by atoms with Gasteiger partial charge in [-0.3, -0.25) is 9.89 Å². The molecular formula is C19H15N5O. The topological polar surface area (TPSA) is 96.7 Å². The van der Waals surface area contributed by atoms with E-state index in [1.165, 1.54) is 0 Å². The predicted molar refractivity (Wildman–Crippen MR) is 98.1 cm³/mol. The number of aromatic amines is 1. The number of carbonyl (C=O) groups is 1. The van der Waals surface area contributed by atoms with Crippen molar-refractivity contribution >= 4 is 28.4 Å². The fourth-order valence-electron chi connectivity index (χ4n) is 2.67.